The minimum Gasteiger partial charge on any atom is -0.456 e. The van der Waals surface area contributed by atoms with Crippen LogP contribution in [0.2, 0.25) is 0 Å². The number of fused-ring (bicyclic) bond motifs is 1. The molecule has 4 radical (unpaired) electrons. The molecule has 0 amide bonds. The number of aliphatic imine (C=N–C) groups is 1. The van der Waals surface area contributed by atoms with Gasteiger partial charge in [-0.3, -0.25) is 0 Å². The van der Waals surface area contributed by atoms with Crippen molar-refractivity contribution in [3.05, 3.63) is 29.8 Å². The van der Waals surface area contributed by atoms with Gasteiger partial charge >= 0.3 is 0 Å². The van der Waals surface area contributed by atoms with Crippen LogP contribution in [-0.2, 0) is 137 Å². The van der Waals surface area contributed by atoms with Gasteiger partial charge in [-0.1, -0.05) is 58.0 Å². The molecular formula is C12H18NY4-. The summed E-state index contributed by atoms with van der Waals surface area (Å²) in [4.78, 5) is 4.05. The van der Waals surface area contributed by atoms with Crippen LogP contribution in [0.3, 0.4) is 0 Å². The molecule has 0 saturated heterocycles. The van der Waals surface area contributed by atoms with Gasteiger partial charge in [0, 0.05) is 131 Å². The van der Waals surface area contributed by atoms with Crippen molar-refractivity contribution >= 4 is 11.9 Å². The molecule has 0 atom stereocenters. The van der Waals surface area contributed by atoms with E-state index in [1.54, 1.807) is 0 Å². The molecule has 1 nitrogen and oxygen atoms in total. The first-order valence-electron chi connectivity index (χ1n) is 4.98. The Balaban J connectivity index is -0.0000000553. The van der Waals surface area contributed by atoms with Crippen LogP contribution in [-0.4, -0.2) is 6.21 Å². The van der Waals surface area contributed by atoms with Gasteiger partial charge in [-0.15, -0.1) is 11.6 Å². The van der Waals surface area contributed by atoms with E-state index >= 15 is 0 Å². The molecule has 0 bridgehead atoms. The summed E-state index contributed by atoms with van der Waals surface area (Å²) >= 11 is 0. The number of nitrogens with zero attached hydrogens (tertiary/aromatic N) is 1. The van der Waals surface area contributed by atoms with E-state index in [1.807, 2.05) is 45.9 Å². The first-order valence-corrected chi connectivity index (χ1v) is 4.98. The summed E-state index contributed by atoms with van der Waals surface area (Å²) in [6.07, 6.45) is 3.80. The van der Waals surface area contributed by atoms with Crippen LogP contribution >= 0.6 is 0 Å². The van der Waals surface area contributed by atoms with Crippen LogP contribution in [0, 0.1) is 0 Å². The van der Waals surface area contributed by atoms with Crippen molar-refractivity contribution in [3.8, 4) is 0 Å². The van der Waals surface area contributed by atoms with Gasteiger partial charge in [0.15, 0.2) is 0 Å². The van der Waals surface area contributed by atoms with Crippen LogP contribution in [0.15, 0.2) is 29.3 Å². The number of para-hydroxylation sites is 1. The summed E-state index contributed by atoms with van der Waals surface area (Å²) in [5.74, 6) is 0. The van der Waals surface area contributed by atoms with Gasteiger partial charge in [0.05, 0.1) is 0 Å². The molecular weight excluding hydrogens is 514 g/mol. The molecule has 5 heteroatoms. The topological polar surface area (TPSA) is 12.4 Å². The molecule has 0 saturated carbocycles. The zero-order valence-electron chi connectivity index (χ0n) is 11.3. The fourth-order valence-corrected chi connectivity index (χ4v) is 0.979. The van der Waals surface area contributed by atoms with Crippen molar-refractivity contribution in [3.63, 3.8) is 0 Å². The molecule has 1 heterocycles. The third kappa shape index (κ3) is 14.0. The normalized spacial score (nSPS) is 8.00. The van der Waals surface area contributed by atoms with Crippen molar-refractivity contribution in [1.29, 1.82) is 0 Å². The predicted molar refractivity (Wildman–Crippen MR) is 59.9 cm³/mol. The zero-order valence-corrected chi connectivity index (χ0v) is 22.6. The molecule has 1 aromatic carbocycles. The van der Waals surface area contributed by atoms with E-state index in [0.29, 0.717) is 0 Å². The zero-order chi connectivity index (χ0) is 10.1. The summed E-state index contributed by atoms with van der Waals surface area (Å²) in [5, 5.41) is 0. The van der Waals surface area contributed by atoms with E-state index in [9.17, 15) is 0 Å². The standard InChI is InChI=1S/C8H6N.2C2H6.4Y/c1-2-4-8-7(3-1)5-6-9-8;2*1-2;;;;/h1-4H,5H2;2*1-2H3;;;;/q-1;;;;;;. The SMILES string of the molecule is CC.CC.[C-]1=Nc2ccccc2C1.[Y].[Y].[Y].[Y]. The number of rotatable bonds is 0. The maximum atomic E-state index is 4.05. The molecule has 2 rings (SSSR count). The Labute approximate surface area is 207 Å². The first-order chi connectivity index (χ1) is 6.47. The quantitative estimate of drug-likeness (QED) is 0.451. The minimum absolute atomic E-state index is 0. The van der Waals surface area contributed by atoms with Crippen LogP contribution < -0.4 is 0 Å². The first kappa shape index (κ1) is 32.3. The van der Waals surface area contributed by atoms with Gasteiger partial charge in [0.25, 0.3) is 0 Å². The van der Waals surface area contributed by atoms with Gasteiger partial charge in [0.1, 0.15) is 0 Å². The second kappa shape index (κ2) is 24.3. The number of hydrogen-bond donors (Lipinski definition) is 0. The maximum absolute atomic E-state index is 4.05. The average molecular weight is 532 g/mol. The fraction of sp³-hybridized carbons (Fsp3) is 0.417. The molecule has 0 spiro atoms. The Morgan fingerprint density at radius 1 is 0.882 bits per heavy atom. The van der Waals surface area contributed by atoms with E-state index in [1.165, 1.54) is 5.56 Å². The molecule has 1 aromatic rings. The van der Waals surface area contributed by atoms with Crippen LogP contribution in [0.5, 0.6) is 0 Å². The van der Waals surface area contributed by atoms with E-state index < -0.39 is 0 Å². The van der Waals surface area contributed by atoms with Crippen LogP contribution in [0.4, 0.5) is 5.69 Å². The number of benzene rings is 1. The molecule has 1 aliphatic rings. The van der Waals surface area contributed by atoms with Gasteiger partial charge in [0.2, 0.25) is 0 Å². The third-order valence-electron chi connectivity index (χ3n) is 1.46. The van der Waals surface area contributed by atoms with E-state index in [0.717, 1.165) is 12.1 Å². The van der Waals surface area contributed by atoms with Gasteiger partial charge < -0.3 is 4.99 Å². The summed E-state index contributed by atoms with van der Waals surface area (Å²) in [5.41, 5.74) is 2.37. The Hall–Kier alpha value is 3.31. The van der Waals surface area contributed by atoms with Crippen LogP contribution in [0.25, 0.3) is 0 Å². The molecule has 17 heavy (non-hydrogen) atoms. The monoisotopic (exact) mass is 532 g/mol. The molecule has 0 aliphatic carbocycles. The summed E-state index contributed by atoms with van der Waals surface area (Å²) < 4.78 is 0. The molecule has 1 aliphatic heterocycles. The minimum atomic E-state index is 0. The maximum Gasteiger partial charge on any atom is 0 e. The van der Waals surface area contributed by atoms with Gasteiger partial charge in [-0.25, -0.2) is 0 Å². The van der Waals surface area contributed by atoms with E-state index in [4.69, 9.17) is 0 Å². The van der Waals surface area contributed by atoms with Crippen molar-refractivity contribution in [2.75, 3.05) is 0 Å². The molecule has 0 N–H and O–H groups in total. The molecule has 0 unspecified atom stereocenters. The molecule has 0 aromatic heterocycles. The second-order valence-electron chi connectivity index (χ2n) is 2.08. The largest absolute Gasteiger partial charge is 0.456 e. The summed E-state index contributed by atoms with van der Waals surface area (Å²) in [7, 11) is 0. The average Bonchev–Trinajstić information content (AvgIpc) is 2.71. The Morgan fingerprint density at radius 2 is 1.35 bits per heavy atom. The van der Waals surface area contributed by atoms with Crippen molar-refractivity contribution in [2.45, 2.75) is 34.1 Å². The van der Waals surface area contributed by atoms with Crippen molar-refractivity contribution < 1.29 is 131 Å². The van der Waals surface area contributed by atoms with Crippen molar-refractivity contribution in [1.82, 2.24) is 0 Å². The van der Waals surface area contributed by atoms with E-state index in [-0.39, 0.29) is 131 Å². The molecule has 84 valence electrons. The third-order valence-corrected chi connectivity index (χ3v) is 1.46. The molecule has 0 fully saturated rings. The van der Waals surface area contributed by atoms with Crippen LogP contribution in [0.1, 0.15) is 33.3 Å². The Morgan fingerprint density at radius 3 is 1.82 bits per heavy atom. The van der Waals surface area contributed by atoms with E-state index in [2.05, 4.69) is 17.3 Å². The van der Waals surface area contributed by atoms with Crippen molar-refractivity contribution in [2.24, 2.45) is 4.99 Å². The van der Waals surface area contributed by atoms with Gasteiger partial charge in [-0.05, 0) is 0 Å². The predicted octanol–water partition coefficient (Wildman–Crippen LogP) is 3.86. The fourth-order valence-electron chi connectivity index (χ4n) is 0.979. The van der Waals surface area contributed by atoms with Gasteiger partial charge in [-0.2, -0.15) is 6.21 Å². The number of hydrogen-bond acceptors (Lipinski definition) is 1. The summed E-state index contributed by atoms with van der Waals surface area (Å²) in [6, 6.07) is 8.12. The summed E-state index contributed by atoms with van der Waals surface area (Å²) in [6.45, 7) is 8.00. The smallest absolute Gasteiger partial charge is 0 e. The Bertz CT molecular complexity index is 264. The second-order valence-corrected chi connectivity index (χ2v) is 2.08. The Kier molecular flexibility index (Phi) is 46.2.